The van der Waals surface area contributed by atoms with Gasteiger partial charge in [-0.05, 0) is 38.6 Å². The molecule has 0 heterocycles. The fourth-order valence-electron chi connectivity index (χ4n) is 1.76. The second-order valence-electron chi connectivity index (χ2n) is 4.99. The van der Waals surface area contributed by atoms with Crippen LogP contribution in [0.2, 0.25) is 5.02 Å². The molecule has 0 fully saturated rings. The molecule has 0 saturated heterocycles. The third-order valence-corrected chi connectivity index (χ3v) is 2.85. The van der Waals surface area contributed by atoms with E-state index in [-0.39, 0.29) is 18.5 Å². The summed E-state index contributed by atoms with van der Waals surface area (Å²) in [6.45, 7) is 4.50. The molecule has 0 radical (unpaired) electrons. The number of nitrogens with one attached hydrogen (secondary N) is 1. The number of halogens is 1. The number of hydrogen-bond acceptors (Lipinski definition) is 3. The smallest absolute Gasteiger partial charge is 0.234 e. The highest BCUT2D eigenvalue weighted by atomic mass is 35.5. The Morgan fingerprint density at radius 3 is 2.47 bits per heavy atom. The van der Waals surface area contributed by atoms with E-state index in [0.29, 0.717) is 11.6 Å². The zero-order valence-electron chi connectivity index (χ0n) is 11.6. The summed E-state index contributed by atoms with van der Waals surface area (Å²) in [5.74, 6) is -0.0409. The van der Waals surface area contributed by atoms with Gasteiger partial charge in [0.15, 0.2) is 0 Å². The minimum absolute atomic E-state index is 0.0409. The molecule has 106 valence electrons. The molecule has 2 N–H and O–H groups in total. The zero-order chi connectivity index (χ0) is 14.4. The monoisotopic (exact) mass is 284 g/mol. The van der Waals surface area contributed by atoms with Crippen LogP contribution in [0.4, 0.5) is 0 Å². The van der Waals surface area contributed by atoms with Gasteiger partial charge in [-0.2, -0.15) is 0 Å². The van der Waals surface area contributed by atoms with E-state index in [9.17, 15) is 9.90 Å². The predicted octanol–water partition coefficient (Wildman–Crippen LogP) is 1.83. The second kappa shape index (κ2) is 7.48. The molecular weight excluding hydrogens is 264 g/mol. The highest BCUT2D eigenvalue weighted by Crippen LogP contribution is 2.16. The van der Waals surface area contributed by atoms with Crippen LogP contribution < -0.4 is 5.32 Å². The Hall–Kier alpha value is -1.10. The van der Waals surface area contributed by atoms with Crippen LogP contribution in [0.15, 0.2) is 24.3 Å². The van der Waals surface area contributed by atoms with Crippen molar-refractivity contribution in [2.24, 2.45) is 0 Å². The molecule has 0 aromatic heterocycles. The van der Waals surface area contributed by atoms with Gasteiger partial charge in [-0.25, -0.2) is 0 Å². The normalized spacial score (nSPS) is 12.8. The number of benzene rings is 1. The fourth-order valence-corrected chi connectivity index (χ4v) is 1.89. The summed E-state index contributed by atoms with van der Waals surface area (Å²) < 4.78 is 0. The highest BCUT2D eigenvalue weighted by Gasteiger charge is 2.13. The molecule has 19 heavy (non-hydrogen) atoms. The summed E-state index contributed by atoms with van der Waals surface area (Å²) in [6, 6.07) is 7.18. The van der Waals surface area contributed by atoms with Crippen LogP contribution in [0.25, 0.3) is 0 Å². The summed E-state index contributed by atoms with van der Waals surface area (Å²) in [6.07, 6.45) is -0.630. The molecule has 1 aromatic carbocycles. The molecule has 1 aromatic rings. The van der Waals surface area contributed by atoms with Gasteiger partial charge < -0.3 is 10.4 Å². The first-order valence-corrected chi connectivity index (χ1v) is 6.67. The molecule has 0 bridgehead atoms. The molecule has 0 spiro atoms. The molecular formula is C14H21ClN2O2. The van der Waals surface area contributed by atoms with Crippen LogP contribution in [-0.2, 0) is 4.79 Å². The number of aliphatic hydroxyl groups excluding tert-OH is 1. The van der Waals surface area contributed by atoms with Gasteiger partial charge >= 0.3 is 0 Å². The lowest BCUT2D eigenvalue weighted by molar-refractivity contribution is -0.122. The van der Waals surface area contributed by atoms with Crippen LogP contribution in [0.3, 0.4) is 0 Å². The number of rotatable bonds is 6. The fraction of sp³-hybridized carbons (Fsp3) is 0.500. The van der Waals surface area contributed by atoms with Gasteiger partial charge in [0.05, 0.1) is 12.6 Å². The lowest BCUT2D eigenvalue weighted by Gasteiger charge is -2.21. The maximum atomic E-state index is 11.6. The van der Waals surface area contributed by atoms with E-state index in [1.807, 2.05) is 13.8 Å². The molecule has 1 atom stereocenters. The van der Waals surface area contributed by atoms with Crippen LogP contribution in [0.5, 0.6) is 0 Å². The van der Waals surface area contributed by atoms with Crippen molar-refractivity contribution >= 4 is 17.5 Å². The van der Waals surface area contributed by atoms with Crippen molar-refractivity contribution in [3.05, 3.63) is 34.9 Å². The molecule has 0 aliphatic carbocycles. The number of amides is 1. The number of hydrogen-bond donors (Lipinski definition) is 2. The second-order valence-corrected chi connectivity index (χ2v) is 5.42. The van der Waals surface area contributed by atoms with Gasteiger partial charge in [-0.3, -0.25) is 9.69 Å². The minimum atomic E-state index is -0.630. The van der Waals surface area contributed by atoms with Gasteiger partial charge in [0.2, 0.25) is 5.91 Å². The standard InChI is InChI=1S/C14H21ClN2O2/c1-10(2)16-14(19)9-17(3)8-13(18)11-4-6-12(15)7-5-11/h4-7,10,13,18H,8-9H2,1-3H3,(H,16,19). The van der Waals surface area contributed by atoms with Crippen molar-refractivity contribution in [2.45, 2.75) is 26.0 Å². The number of carbonyl (C=O) groups is 1. The topological polar surface area (TPSA) is 52.6 Å². The van der Waals surface area contributed by atoms with Crippen molar-refractivity contribution < 1.29 is 9.90 Å². The maximum absolute atomic E-state index is 11.6. The molecule has 1 amide bonds. The summed E-state index contributed by atoms with van der Waals surface area (Å²) in [5, 5.41) is 13.5. The van der Waals surface area contributed by atoms with E-state index in [0.717, 1.165) is 5.56 Å². The number of aliphatic hydroxyl groups is 1. The molecule has 4 nitrogen and oxygen atoms in total. The van der Waals surface area contributed by atoms with E-state index in [1.54, 1.807) is 36.2 Å². The largest absolute Gasteiger partial charge is 0.387 e. The number of nitrogens with zero attached hydrogens (tertiary/aromatic N) is 1. The summed E-state index contributed by atoms with van der Waals surface area (Å²) in [4.78, 5) is 13.4. The lowest BCUT2D eigenvalue weighted by atomic mass is 10.1. The Bertz CT molecular complexity index is 406. The molecule has 0 aliphatic rings. The van der Waals surface area contributed by atoms with Crippen molar-refractivity contribution in [3.8, 4) is 0 Å². The van der Waals surface area contributed by atoms with Crippen molar-refractivity contribution in [3.63, 3.8) is 0 Å². The van der Waals surface area contributed by atoms with Gasteiger partial charge in [0, 0.05) is 17.6 Å². The minimum Gasteiger partial charge on any atom is -0.387 e. The quantitative estimate of drug-likeness (QED) is 0.838. The van der Waals surface area contributed by atoms with E-state index < -0.39 is 6.10 Å². The van der Waals surface area contributed by atoms with Crippen LogP contribution in [-0.4, -0.2) is 42.1 Å². The molecule has 1 unspecified atom stereocenters. The van der Waals surface area contributed by atoms with Gasteiger partial charge in [0.1, 0.15) is 0 Å². The first kappa shape index (κ1) is 16.0. The first-order valence-electron chi connectivity index (χ1n) is 6.30. The average molecular weight is 285 g/mol. The Kier molecular flexibility index (Phi) is 6.28. The van der Waals surface area contributed by atoms with Crippen molar-refractivity contribution in [1.82, 2.24) is 10.2 Å². The lowest BCUT2D eigenvalue weighted by Crippen LogP contribution is -2.39. The maximum Gasteiger partial charge on any atom is 0.234 e. The van der Waals surface area contributed by atoms with Gasteiger partial charge in [0.25, 0.3) is 0 Å². The zero-order valence-corrected chi connectivity index (χ0v) is 12.3. The third-order valence-electron chi connectivity index (χ3n) is 2.60. The molecule has 0 saturated carbocycles. The van der Waals surface area contributed by atoms with Gasteiger partial charge in [-0.1, -0.05) is 23.7 Å². The van der Waals surface area contributed by atoms with E-state index in [2.05, 4.69) is 5.32 Å². The van der Waals surface area contributed by atoms with Crippen LogP contribution >= 0.6 is 11.6 Å². The Morgan fingerprint density at radius 1 is 1.37 bits per heavy atom. The average Bonchev–Trinajstić information content (AvgIpc) is 2.27. The highest BCUT2D eigenvalue weighted by molar-refractivity contribution is 6.30. The first-order chi connectivity index (χ1) is 8.88. The van der Waals surface area contributed by atoms with Crippen molar-refractivity contribution in [2.75, 3.05) is 20.1 Å². The number of carbonyl (C=O) groups excluding carboxylic acids is 1. The third kappa shape index (κ3) is 6.05. The van der Waals surface area contributed by atoms with E-state index in [1.165, 1.54) is 0 Å². The van der Waals surface area contributed by atoms with Crippen molar-refractivity contribution in [1.29, 1.82) is 0 Å². The molecule has 1 rings (SSSR count). The number of likely N-dealkylation sites (N-methyl/N-ethyl adjacent to an activating group) is 1. The van der Waals surface area contributed by atoms with E-state index >= 15 is 0 Å². The Morgan fingerprint density at radius 2 is 1.95 bits per heavy atom. The summed E-state index contributed by atoms with van der Waals surface area (Å²) >= 11 is 5.79. The van der Waals surface area contributed by atoms with E-state index in [4.69, 9.17) is 11.6 Å². The SMILES string of the molecule is CC(C)NC(=O)CN(C)CC(O)c1ccc(Cl)cc1. The Labute approximate surface area is 119 Å². The summed E-state index contributed by atoms with van der Waals surface area (Å²) in [7, 11) is 1.80. The van der Waals surface area contributed by atoms with Gasteiger partial charge in [-0.15, -0.1) is 0 Å². The molecule has 5 heteroatoms. The molecule has 0 aliphatic heterocycles. The Balaban J connectivity index is 2.45. The summed E-state index contributed by atoms with van der Waals surface area (Å²) in [5.41, 5.74) is 0.792. The van der Waals surface area contributed by atoms with Crippen LogP contribution in [0.1, 0.15) is 25.5 Å². The predicted molar refractivity (Wildman–Crippen MR) is 77.2 cm³/mol. The van der Waals surface area contributed by atoms with Crippen LogP contribution in [0, 0.1) is 0 Å².